The second kappa shape index (κ2) is 25.2. The fourth-order valence-corrected chi connectivity index (χ4v) is 10.8. The lowest BCUT2D eigenvalue weighted by Crippen LogP contribution is -2.46. The SMILES string of the molecule is CCC[Si](OC)(OC)OC.CCO[Si](CCCNCCC[Si](OCC)(OCC)OCC)(OCC)OCC. The standard InChI is InChI=1S/C18H43NO6Si2.C6H16O3Si/c1-7-20-26(21-8-2,22-9-3)17-13-15-19-16-14-18-27(23-10-4,24-11-5)25-12-6;1-5-6-10(7-2,8-3)9-4/h19H,7-18H2,1-6H3;5-6H2,1-4H3. The molecule has 10 nitrogen and oxygen atoms in total. The van der Waals surface area contributed by atoms with Crippen molar-refractivity contribution in [2.45, 2.75) is 85.9 Å². The quantitative estimate of drug-likeness (QED) is 0.119. The van der Waals surface area contributed by atoms with E-state index in [4.69, 9.17) is 39.8 Å². The highest BCUT2D eigenvalue weighted by molar-refractivity contribution is 6.61. The first-order valence-corrected chi connectivity index (χ1v) is 19.8. The summed E-state index contributed by atoms with van der Waals surface area (Å²) in [6, 6.07) is 2.56. The van der Waals surface area contributed by atoms with E-state index >= 15 is 0 Å². The van der Waals surface area contributed by atoms with Crippen LogP contribution in [0.5, 0.6) is 0 Å². The zero-order valence-electron chi connectivity index (χ0n) is 25.6. The van der Waals surface area contributed by atoms with Crippen molar-refractivity contribution < 1.29 is 39.8 Å². The van der Waals surface area contributed by atoms with Gasteiger partial charge in [-0.1, -0.05) is 13.3 Å². The third kappa shape index (κ3) is 17.5. The summed E-state index contributed by atoms with van der Waals surface area (Å²) in [5.74, 6) is 0. The molecule has 0 aliphatic rings. The molecule has 37 heavy (non-hydrogen) atoms. The highest BCUT2D eigenvalue weighted by Crippen LogP contribution is 2.19. The molecular weight excluding hydrogens is 531 g/mol. The van der Waals surface area contributed by atoms with Gasteiger partial charge in [0.25, 0.3) is 0 Å². The van der Waals surface area contributed by atoms with E-state index in [0.29, 0.717) is 39.6 Å². The van der Waals surface area contributed by atoms with Gasteiger partial charge in [-0.25, -0.2) is 0 Å². The van der Waals surface area contributed by atoms with E-state index in [1.54, 1.807) is 21.3 Å². The van der Waals surface area contributed by atoms with Crippen LogP contribution in [0.15, 0.2) is 0 Å². The van der Waals surface area contributed by atoms with Gasteiger partial charge in [0, 0.05) is 79.1 Å². The Balaban J connectivity index is 0. The van der Waals surface area contributed by atoms with E-state index < -0.39 is 26.4 Å². The Kier molecular flexibility index (Phi) is 26.9. The summed E-state index contributed by atoms with van der Waals surface area (Å²) in [4.78, 5) is 0. The summed E-state index contributed by atoms with van der Waals surface area (Å²) >= 11 is 0. The maximum Gasteiger partial charge on any atom is 0.500 e. The van der Waals surface area contributed by atoms with E-state index in [-0.39, 0.29) is 0 Å². The molecule has 0 aliphatic carbocycles. The second-order valence-electron chi connectivity index (χ2n) is 7.97. The Morgan fingerprint density at radius 2 is 0.730 bits per heavy atom. The number of nitrogens with one attached hydrogen (secondary N) is 1. The van der Waals surface area contributed by atoms with Crippen LogP contribution in [-0.4, -0.2) is 100 Å². The van der Waals surface area contributed by atoms with Crippen molar-refractivity contribution in [2.75, 3.05) is 74.1 Å². The lowest BCUT2D eigenvalue weighted by Gasteiger charge is -2.29. The third-order valence-corrected chi connectivity index (χ3v) is 14.6. The van der Waals surface area contributed by atoms with E-state index in [1.807, 2.05) is 41.5 Å². The van der Waals surface area contributed by atoms with Gasteiger partial charge >= 0.3 is 26.4 Å². The molecule has 0 unspecified atom stereocenters. The third-order valence-electron chi connectivity index (χ3n) is 5.35. The van der Waals surface area contributed by atoms with Crippen LogP contribution in [0.1, 0.15) is 67.7 Å². The van der Waals surface area contributed by atoms with Gasteiger partial charge in [-0.05, 0) is 67.5 Å². The predicted octanol–water partition coefficient (Wildman–Crippen LogP) is 4.73. The Bertz CT molecular complexity index is 420. The normalized spacial score (nSPS) is 12.5. The molecule has 0 aromatic carbocycles. The molecule has 13 heteroatoms. The van der Waals surface area contributed by atoms with E-state index in [0.717, 1.165) is 50.5 Å². The van der Waals surface area contributed by atoms with Crippen LogP contribution >= 0.6 is 0 Å². The second-order valence-corrected chi connectivity index (χ2v) is 16.5. The minimum Gasteiger partial charge on any atom is -0.377 e. The van der Waals surface area contributed by atoms with Crippen LogP contribution in [-0.2, 0) is 39.8 Å². The number of hydrogen-bond donors (Lipinski definition) is 1. The molecule has 0 spiro atoms. The molecule has 0 saturated heterocycles. The van der Waals surface area contributed by atoms with Gasteiger partial charge in [-0.2, -0.15) is 0 Å². The molecule has 0 aromatic heterocycles. The lowest BCUT2D eigenvalue weighted by atomic mass is 10.4. The maximum atomic E-state index is 5.89. The van der Waals surface area contributed by atoms with Gasteiger partial charge in [0.1, 0.15) is 0 Å². The summed E-state index contributed by atoms with van der Waals surface area (Å²) in [5, 5.41) is 3.49. The maximum absolute atomic E-state index is 5.89. The first kappa shape index (κ1) is 39.4. The summed E-state index contributed by atoms with van der Waals surface area (Å²) in [6.45, 7) is 19.6. The first-order valence-electron chi connectivity index (χ1n) is 14.0. The van der Waals surface area contributed by atoms with Gasteiger partial charge < -0.3 is 45.2 Å². The fraction of sp³-hybridized carbons (Fsp3) is 1.00. The average Bonchev–Trinajstić information content (AvgIpc) is 2.88. The zero-order chi connectivity index (χ0) is 28.5. The van der Waals surface area contributed by atoms with Crippen molar-refractivity contribution in [3.8, 4) is 0 Å². The van der Waals surface area contributed by atoms with Gasteiger partial charge in [0.15, 0.2) is 0 Å². The Morgan fingerprint density at radius 1 is 0.432 bits per heavy atom. The summed E-state index contributed by atoms with van der Waals surface area (Å²) in [6.07, 6.45) is 2.97. The Hall–Kier alpha value is 0.251. The van der Waals surface area contributed by atoms with Crippen molar-refractivity contribution in [3.05, 3.63) is 0 Å². The van der Waals surface area contributed by atoms with Crippen molar-refractivity contribution in [3.63, 3.8) is 0 Å². The molecule has 0 bridgehead atoms. The first-order chi connectivity index (χ1) is 17.8. The van der Waals surface area contributed by atoms with Crippen LogP contribution in [0.3, 0.4) is 0 Å². The fourth-order valence-electron chi connectivity index (χ4n) is 3.85. The molecule has 0 aromatic rings. The van der Waals surface area contributed by atoms with Crippen LogP contribution in [0.4, 0.5) is 0 Å². The van der Waals surface area contributed by atoms with Crippen LogP contribution < -0.4 is 5.32 Å². The van der Waals surface area contributed by atoms with E-state index in [9.17, 15) is 0 Å². The molecule has 0 saturated carbocycles. The van der Waals surface area contributed by atoms with Gasteiger partial charge in [-0.15, -0.1) is 0 Å². The van der Waals surface area contributed by atoms with Crippen LogP contribution in [0, 0.1) is 0 Å². The minimum absolute atomic E-state index is 0.624. The highest BCUT2D eigenvalue weighted by atomic mass is 28.4. The topological polar surface area (TPSA) is 95.1 Å². The van der Waals surface area contributed by atoms with Gasteiger partial charge in [-0.3, -0.25) is 0 Å². The molecule has 0 atom stereocenters. The lowest BCUT2D eigenvalue weighted by molar-refractivity contribution is 0.0705. The Morgan fingerprint density at radius 3 is 0.919 bits per heavy atom. The number of rotatable bonds is 25. The molecular formula is C24H59NO9Si3. The summed E-state index contributed by atoms with van der Waals surface area (Å²) in [5.41, 5.74) is 0. The molecule has 0 aliphatic heterocycles. The molecule has 1 N–H and O–H groups in total. The monoisotopic (exact) mass is 589 g/mol. The van der Waals surface area contributed by atoms with Crippen molar-refractivity contribution >= 4 is 26.4 Å². The van der Waals surface area contributed by atoms with Crippen molar-refractivity contribution in [1.29, 1.82) is 0 Å². The summed E-state index contributed by atoms with van der Waals surface area (Å²) < 4.78 is 50.8. The molecule has 0 heterocycles. The molecule has 0 radical (unpaired) electrons. The number of hydrogen-bond acceptors (Lipinski definition) is 10. The Labute approximate surface area is 231 Å². The largest absolute Gasteiger partial charge is 0.500 e. The zero-order valence-corrected chi connectivity index (χ0v) is 28.6. The molecule has 0 fully saturated rings. The molecule has 0 rings (SSSR count). The van der Waals surface area contributed by atoms with E-state index in [1.165, 1.54) is 0 Å². The minimum atomic E-state index is -2.52. The smallest absolute Gasteiger partial charge is 0.377 e. The van der Waals surface area contributed by atoms with Gasteiger partial charge in [0.2, 0.25) is 0 Å². The molecule has 226 valence electrons. The summed E-state index contributed by atoms with van der Waals surface area (Å²) in [7, 11) is -2.35. The van der Waals surface area contributed by atoms with Crippen molar-refractivity contribution in [2.24, 2.45) is 0 Å². The van der Waals surface area contributed by atoms with E-state index in [2.05, 4.69) is 12.2 Å². The predicted molar refractivity (Wildman–Crippen MR) is 155 cm³/mol. The van der Waals surface area contributed by atoms with Crippen LogP contribution in [0.2, 0.25) is 18.1 Å². The van der Waals surface area contributed by atoms with Crippen molar-refractivity contribution in [1.82, 2.24) is 5.32 Å². The molecule has 0 amide bonds. The highest BCUT2D eigenvalue weighted by Gasteiger charge is 2.40. The van der Waals surface area contributed by atoms with Gasteiger partial charge in [0.05, 0.1) is 0 Å². The van der Waals surface area contributed by atoms with Crippen LogP contribution in [0.25, 0.3) is 0 Å². The average molecular weight is 590 g/mol.